The molecule has 1 aliphatic heterocycles. The Bertz CT molecular complexity index is 859. The molecule has 2 aromatic rings. The first-order valence-corrected chi connectivity index (χ1v) is 10.9. The largest absolute Gasteiger partial charge is 0.390 e. The van der Waals surface area contributed by atoms with E-state index in [0.717, 1.165) is 37.1 Å². The average Bonchev–Trinajstić information content (AvgIpc) is 3.13. The standard InChI is InChI=1S/C21H28N2O3S/c1-17-8-10-21(11-9-17)27(25,26)23(19-7-5-6-18(2)14-19)16-20(24)15-22-12-3-4-13-22/h5-11,14,20,24H,3-4,12-13,15-16H2,1-2H3. The van der Waals surface area contributed by atoms with Crippen LogP contribution in [0.3, 0.4) is 0 Å². The molecule has 1 unspecified atom stereocenters. The van der Waals surface area contributed by atoms with E-state index in [4.69, 9.17) is 0 Å². The van der Waals surface area contributed by atoms with Gasteiger partial charge in [-0.2, -0.15) is 0 Å². The summed E-state index contributed by atoms with van der Waals surface area (Å²) in [6.45, 7) is 6.32. The van der Waals surface area contributed by atoms with Gasteiger partial charge in [0, 0.05) is 6.54 Å². The molecular formula is C21H28N2O3S. The number of likely N-dealkylation sites (tertiary alicyclic amines) is 1. The number of hydrogen-bond acceptors (Lipinski definition) is 4. The number of hydrogen-bond donors (Lipinski definition) is 1. The van der Waals surface area contributed by atoms with Crippen LogP contribution < -0.4 is 4.31 Å². The van der Waals surface area contributed by atoms with E-state index in [1.165, 1.54) is 4.31 Å². The van der Waals surface area contributed by atoms with Crippen LogP contribution in [0.5, 0.6) is 0 Å². The van der Waals surface area contributed by atoms with Gasteiger partial charge in [0.2, 0.25) is 0 Å². The second kappa shape index (κ2) is 8.42. The quantitative estimate of drug-likeness (QED) is 0.792. The average molecular weight is 389 g/mol. The predicted octanol–water partition coefficient (Wildman–Crippen LogP) is 2.96. The van der Waals surface area contributed by atoms with Crippen molar-refractivity contribution in [3.8, 4) is 0 Å². The van der Waals surface area contributed by atoms with Crippen molar-refractivity contribution >= 4 is 15.7 Å². The van der Waals surface area contributed by atoms with E-state index in [2.05, 4.69) is 4.90 Å². The van der Waals surface area contributed by atoms with Crippen molar-refractivity contribution in [3.63, 3.8) is 0 Å². The zero-order valence-electron chi connectivity index (χ0n) is 16.0. The molecule has 1 heterocycles. The van der Waals surface area contributed by atoms with Crippen molar-refractivity contribution in [2.45, 2.75) is 37.7 Å². The Kier molecular flexibility index (Phi) is 6.19. The number of sulfonamides is 1. The molecule has 1 N–H and O–H groups in total. The smallest absolute Gasteiger partial charge is 0.264 e. The van der Waals surface area contributed by atoms with Crippen LogP contribution in [0.4, 0.5) is 5.69 Å². The summed E-state index contributed by atoms with van der Waals surface area (Å²) in [6, 6.07) is 14.2. The van der Waals surface area contributed by atoms with Crippen LogP contribution in [0.1, 0.15) is 24.0 Å². The first kappa shape index (κ1) is 19.9. The van der Waals surface area contributed by atoms with Crippen molar-refractivity contribution < 1.29 is 13.5 Å². The minimum Gasteiger partial charge on any atom is -0.390 e. The monoisotopic (exact) mass is 388 g/mol. The Balaban J connectivity index is 1.90. The van der Waals surface area contributed by atoms with E-state index >= 15 is 0 Å². The maximum Gasteiger partial charge on any atom is 0.264 e. The fraction of sp³-hybridized carbons (Fsp3) is 0.429. The first-order chi connectivity index (χ1) is 12.9. The van der Waals surface area contributed by atoms with Crippen molar-refractivity contribution in [1.29, 1.82) is 0 Å². The Labute approximate surface area is 162 Å². The van der Waals surface area contributed by atoms with Gasteiger partial charge in [-0.3, -0.25) is 4.31 Å². The van der Waals surface area contributed by atoms with Crippen LogP contribution in [0.2, 0.25) is 0 Å². The van der Waals surface area contributed by atoms with E-state index in [9.17, 15) is 13.5 Å². The number of β-amino-alcohol motifs (C(OH)–C–C–N with tert-alkyl or cyclic N) is 1. The third-order valence-electron chi connectivity index (χ3n) is 4.94. The molecule has 3 rings (SSSR count). The Morgan fingerprint density at radius 3 is 2.33 bits per heavy atom. The number of anilines is 1. The summed E-state index contributed by atoms with van der Waals surface area (Å²) in [7, 11) is -3.76. The molecular weight excluding hydrogens is 360 g/mol. The normalized spacial score (nSPS) is 16.4. The molecule has 0 bridgehead atoms. The Morgan fingerprint density at radius 2 is 1.70 bits per heavy atom. The number of benzene rings is 2. The zero-order valence-corrected chi connectivity index (χ0v) is 16.8. The lowest BCUT2D eigenvalue weighted by molar-refractivity contribution is 0.132. The van der Waals surface area contributed by atoms with Gasteiger partial charge in [0.1, 0.15) is 0 Å². The van der Waals surface area contributed by atoms with Gasteiger partial charge in [-0.15, -0.1) is 0 Å². The number of nitrogens with zero attached hydrogens (tertiary/aromatic N) is 2. The van der Waals surface area contributed by atoms with Crippen LogP contribution >= 0.6 is 0 Å². The van der Waals surface area contributed by atoms with Crippen LogP contribution in [0, 0.1) is 13.8 Å². The van der Waals surface area contributed by atoms with Gasteiger partial charge >= 0.3 is 0 Å². The lowest BCUT2D eigenvalue weighted by Crippen LogP contribution is -2.42. The molecule has 0 spiro atoms. The van der Waals surface area contributed by atoms with Gasteiger partial charge in [0.25, 0.3) is 10.0 Å². The van der Waals surface area contributed by atoms with E-state index in [-0.39, 0.29) is 11.4 Å². The molecule has 1 aliphatic rings. The van der Waals surface area contributed by atoms with Crippen LogP contribution in [-0.2, 0) is 10.0 Å². The second-order valence-electron chi connectivity index (χ2n) is 7.35. The predicted molar refractivity (Wildman–Crippen MR) is 109 cm³/mol. The van der Waals surface area contributed by atoms with E-state index in [0.29, 0.717) is 12.2 Å². The summed E-state index contributed by atoms with van der Waals surface area (Å²) in [6.07, 6.45) is 1.52. The van der Waals surface area contributed by atoms with Gasteiger partial charge in [-0.05, 0) is 69.6 Å². The third-order valence-corrected chi connectivity index (χ3v) is 6.75. The van der Waals surface area contributed by atoms with Gasteiger partial charge in [0.15, 0.2) is 0 Å². The highest BCUT2D eigenvalue weighted by Gasteiger charge is 2.28. The SMILES string of the molecule is Cc1ccc(S(=O)(=O)N(CC(O)CN2CCCC2)c2cccc(C)c2)cc1. The zero-order chi connectivity index (χ0) is 19.4. The van der Waals surface area contributed by atoms with E-state index in [1.807, 2.05) is 32.0 Å². The summed E-state index contributed by atoms with van der Waals surface area (Å²) in [4.78, 5) is 2.43. The highest BCUT2D eigenvalue weighted by molar-refractivity contribution is 7.92. The maximum absolute atomic E-state index is 13.3. The van der Waals surface area contributed by atoms with Crippen molar-refractivity contribution in [3.05, 3.63) is 59.7 Å². The summed E-state index contributed by atoms with van der Waals surface area (Å²) in [5.74, 6) is 0. The number of rotatable bonds is 7. The van der Waals surface area contributed by atoms with Gasteiger partial charge in [-0.1, -0.05) is 29.8 Å². The molecule has 1 atom stereocenters. The van der Waals surface area contributed by atoms with Crippen molar-refractivity contribution in [1.82, 2.24) is 4.90 Å². The van der Waals surface area contributed by atoms with Gasteiger partial charge in [0.05, 0.1) is 23.2 Å². The first-order valence-electron chi connectivity index (χ1n) is 9.43. The van der Waals surface area contributed by atoms with Crippen molar-refractivity contribution in [2.75, 3.05) is 30.5 Å². The van der Waals surface area contributed by atoms with E-state index in [1.54, 1.807) is 30.3 Å². The van der Waals surface area contributed by atoms with E-state index < -0.39 is 16.1 Å². The molecule has 27 heavy (non-hydrogen) atoms. The highest BCUT2D eigenvalue weighted by atomic mass is 32.2. The number of aliphatic hydroxyl groups excluding tert-OH is 1. The summed E-state index contributed by atoms with van der Waals surface area (Å²) < 4.78 is 28.0. The Morgan fingerprint density at radius 1 is 1.04 bits per heavy atom. The fourth-order valence-corrected chi connectivity index (χ4v) is 4.97. The topological polar surface area (TPSA) is 60.9 Å². The number of aliphatic hydroxyl groups is 1. The van der Waals surface area contributed by atoms with Gasteiger partial charge in [-0.25, -0.2) is 8.42 Å². The summed E-state index contributed by atoms with van der Waals surface area (Å²) in [5.41, 5.74) is 2.56. The van der Waals surface area contributed by atoms with Crippen LogP contribution in [0.25, 0.3) is 0 Å². The maximum atomic E-state index is 13.3. The lowest BCUT2D eigenvalue weighted by atomic mass is 10.2. The summed E-state index contributed by atoms with van der Waals surface area (Å²) >= 11 is 0. The minimum atomic E-state index is -3.76. The molecule has 0 radical (unpaired) electrons. The molecule has 0 amide bonds. The molecule has 0 saturated carbocycles. The molecule has 0 aromatic heterocycles. The molecule has 6 heteroatoms. The van der Waals surface area contributed by atoms with Gasteiger partial charge < -0.3 is 10.0 Å². The molecule has 2 aromatic carbocycles. The molecule has 1 saturated heterocycles. The highest BCUT2D eigenvalue weighted by Crippen LogP contribution is 2.25. The van der Waals surface area contributed by atoms with Crippen LogP contribution in [0.15, 0.2) is 53.4 Å². The number of aryl methyl sites for hydroxylation is 2. The van der Waals surface area contributed by atoms with Crippen molar-refractivity contribution in [2.24, 2.45) is 0 Å². The molecule has 0 aliphatic carbocycles. The third kappa shape index (κ3) is 4.89. The Hall–Kier alpha value is -1.89. The molecule has 5 nitrogen and oxygen atoms in total. The summed E-state index contributed by atoms with van der Waals surface area (Å²) in [5, 5.41) is 10.6. The van der Waals surface area contributed by atoms with Crippen LogP contribution in [-0.4, -0.2) is 50.7 Å². The molecule has 146 valence electrons. The fourth-order valence-electron chi connectivity index (χ4n) is 3.48. The molecule has 1 fully saturated rings. The second-order valence-corrected chi connectivity index (χ2v) is 9.21. The minimum absolute atomic E-state index is 0.0379. The lowest BCUT2D eigenvalue weighted by Gasteiger charge is -2.29.